The molecule has 0 saturated heterocycles. The maximum Gasteiger partial charge on any atom is 0.202 e. The van der Waals surface area contributed by atoms with E-state index in [0.29, 0.717) is 12.1 Å². The molecule has 0 atom stereocenters. The summed E-state index contributed by atoms with van der Waals surface area (Å²) in [5.41, 5.74) is -0.384. The van der Waals surface area contributed by atoms with Crippen LogP contribution in [-0.4, -0.2) is 33.5 Å². The van der Waals surface area contributed by atoms with E-state index < -0.39 is 45.1 Å². The minimum Gasteiger partial charge on any atom is -0.628 e. The number of benzene rings is 3. The van der Waals surface area contributed by atoms with E-state index in [1.165, 1.54) is 12.1 Å². The number of aliphatic hydroxyl groups is 1. The number of hydrogen-bond acceptors (Lipinski definition) is 8. The number of ketones is 2. The Kier molecular flexibility index (Phi) is 5.17. The summed E-state index contributed by atoms with van der Waals surface area (Å²) in [6, 6.07) is 11.6. The number of carbonyl (C=O) groups excluding carboxylic acids is 2. The van der Waals surface area contributed by atoms with Crippen LogP contribution >= 0.6 is 0 Å². The number of phenols is 2. The summed E-state index contributed by atoms with van der Waals surface area (Å²) < 4.78 is 0. The Labute approximate surface area is 176 Å². The second-order valence-corrected chi connectivity index (χ2v) is 7.01. The average molecular weight is 421 g/mol. The topological polar surface area (TPSA) is 157 Å². The molecule has 0 unspecified atom stereocenters. The van der Waals surface area contributed by atoms with Gasteiger partial charge in [-0.05, 0) is 42.3 Å². The quantitative estimate of drug-likeness (QED) is 0.240. The number of nitrogens with one attached hydrogen (secondary N) is 2. The third-order valence-electron chi connectivity index (χ3n) is 5.13. The molecule has 3 aromatic rings. The molecule has 0 aliphatic heterocycles. The lowest BCUT2D eigenvalue weighted by Gasteiger charge is -2.30. The predicted octanol–water partition coefficient (Wildman–Crippen LogP) is 1.66. The molecule has 9 nitrogen and oxygen atoms in total. The van der Waals surface area contributed by atoms with Gasteiger partial charge in [0, 0.05) is 18.4 Å². The molecule has 0 spiro atoms. The molecule has 0 aromatic heterocycles. The highest BCUT2D eigenvalue weighted by molar-refractivity contribution is 6.33. The number of aliphatic hydroxyl groups excluding tert-OH is 1. The Morgan fingerprint density at radius 2 is 1.35 bits per heavy atom. The molecular formula is C22H17N2O7-. The van der Waals surface area contributed by atoms with Crippen molar-refractivity contribution in [3.63, 3.8) is 0 Å². The SMILES string of the molecule is O=C1c2c(O)ccc(Nc3ccc(CCO)cc3)c2C(=O)c2c([NH+]([O-])[O-])ccc(O)c21. The van der Waals surface area contributed by atoms with E-state index in [1.54, 1.807) is 24.3 Å². The van der Waals surface area contributed by atoms with E-state index in [4.69, 9.17) is 5.11 Å². The molecule has 0 amide bonds. The molecule has 0 radical (unpaired) electrons. The minimum atomic E-state index is -1.67. The van der Waals surface area contributed by atoms with Gasteiger partial charge in [0.05, 0.1) is 27.9 Å². The van der Waals surface area contributed by atoms with Gasteiger partial charge in [-0.15, -0.1) is 0 Å². The highest BCUT2D eigenvalue weighted by Gasteiger charge is 2.39. The van der Waals surface area contributed by atoms with Crippen LogP contribution in [-0.2, 0) is 6.42 Å². The lowest BCUT2D eigenvalue weighted by molar-refractivity contribution is -0.715. The Hall–Kier alpha value is -3.76. The fraction of sp³-hybridized carbons (Fsp3) is 0.0909. The third-order valence-corrected chi connectivity index (χ3v) is 5.13. The number of fused-ring (bicyclic) bond motifs is 2. The van der Waals surface area contributed by atoms with Crippen LogP contribution in [0, 0.1) is 10.4 Å². The monoisotopic (exact) mass is 421 g/mol. The van der Waals surface area contributed by atoms with Crippen LogP contribution in [0.15, 0.2) is 48.5 Å². The van der Waals surface area contributed by atoms with Crippen molar-refractivity contribution < 1.29 is 30.1 Å². The molecule has 3 aromatic carbocycles. The van der Waals surface area contributed by atoms with Gasteiger partial charge in [-0.1, -0.05) is 12.1 Å². The van der Waals surface area contributed by atoms with E-state index in [2.05, 4.69) is 5.32 Å². The Morgan fingerprint density at radius 1 is 0.774 bits per heavy atom. The highest BCUT2D eigenvalue weighted by Crippen LogP contribution is 2.42. The van der Waals surface area contributed by atoms with E-state index in [0.717, 1.165) is 17.7 Å². The zero-order chi connectivity index (χ0) is 22.3. The molecule has 9 heteroatoms. The fourth-order valence-electron chi connectivity index (χ4n) is 3.68. The molecule has 4 rings (SSSR count). The van der Waals surface area contributed by atoms with Crippen molar-refractivity contribution in [1.29, 1.82) is 0 Å². The van der Waals surface area contributed by atoms with E-state index >= 15 is 0 Å². The van der Waals surface area contributed by atoms with Crippen molar-refractivity contribution in [2.75, 3.05) is 11.9 Å². The van der Waals surface area contributed by atoms with Crippen molar-refractivity contribution in [1.82, 2.24) is 0 Å². The summed E-state index contributed by atoms with van der Waals surface area (Å²) in [4.78, 5) is 26.4. The van der Waals surface area contributed by atoms with Gasteiger partial charge < -0.3 is 36.3 Å². The summed E-state index contributed by atoms with van der Waals surface area (Å²) in [5.74, 6) is -2.75. The van der Waals surface area contributed by atoms with Crippen molar-refractivity contribution in [2.45, 2.75) is 6.42 Å². The molecule has 1 aliphatic rings. The number of carbonyl (C=O) groups is 2. The maximum atomic E-state index is 13.3. The molecule has 1 aliphatic carbocycles. The van der Waals surface area contributed by atoms with Gasteiger partial charge in [0.15, 0.2) is 0 Å². The molecule has 0 saturated carbocycles. The summed E-state index contributed by atoms with van der Waals surface area (Å²) in [5, 5.41) is 53.9. The first-order valence-corrected chi connectivity index (χ1v) is 9.33. The van der Waals surface area contributed by atoms with Crippen molar-refractivity contribution in [3.8, 4) is 11.5 Å². The first kappa shape index (κ1) is 20.5. The standard InChI is InChI=1S/C22H17N2O7/c25-10-9-11-1-3-12(4-2-11)23-13-5-7-15(26)19-17(13)21(28)18-14(24(30)31)6-8-16(27)20(18)22(19)29/h1-8,23-27H,9-10H2/q-1. The van der Waals surface area contributed by atoms with Crippen LogP contribution in [0.25, 0.3) is 0 Å². The summed E-state index contributed by atoms with van der Waals surface area (Å²) >= 11 is 0. The predicted molar refractivity (Wildman–Crippen MR) is 111 cm³/mol. The zero-order valence-corrected chi connectivity index (χ0v) is 16.0. The van der Waals surface area contributed by atoms with Crippen LogP contribution in [0.1, 0.15) is 37.4 Å². The second kappa shape index (κ2) is 7.82. The van der Waals surface area contributed by atoms with Crippen LogP contribution in [0.2, 0.25) is 0 Å². The van der Waals surface area contributed by atoms with Gasteiger partial charge in [-0.25, -0.2) is 0 Å². The molecular weight excluding hydrogens is 404 g/mol. The molecule has 0 fully saturated rings. The zero-order valence-electron chi connectivity index (χ0n) is 16.0. The Balaban J connectivity index is 1.86. The summed E-state index contributed by atoms with van der Waals surface area (Å²) in [7, 11) is 0. The highest BCUT2D eigenvalue weighted by atomic mass is 16.8. The average Bonchev–Trinajstić information content (AvgIpc) is 2.74. The lowest BCUT2D eigenvalue weighted by atomic mass is 9.81. The first-order chi connectivity index (χ1) is 14.8. The van der Waals surface area contributed by atoms with Crippen LogP contribution in [0.3, 0.4) is 0 Å². The number of anilines is 2. The van der Waals surface area contributed by atoms with Crippen molar-refractivity contribution in [2.24, 2.45) is 0 Å². The molecule has 31 heavy (non-hydrogen) atoms. The van der Waals surface area contributed by atoms with E-state index in [9.17, 15) is 30.2 Å². The normalized spacial score (nSPS) is 12.6. The summed E-state index contributed by atoms with van der Waals surface area (Å²) in [6.07, 6.45) is 0.480. The van der Waals surface area contributed by atoms with Crippen molar-refractivity contribution in [3.05, 3.63) is 86.8 Å². The Morgan fingerprint density at radius 3 is 1.97 bits per heavy atom. The van der Waals surface area contributed by atoms with Crippen LogP contribution < -0.4 is 10.5 Å². The summed E-state index contributed by atoms with van der Waals surface area (Å²) in [6.45, 7) is 0.00187. The first-order valence-electron chi connectivity index (χ1n) is 9.33. The second-order valence-electron chi connectivity index (χ2n) is 7.01. The minimum absolute atomic E-state index is 0.00187. The van der Waals surface area contributed by atoms with Gasteiger partial charge >= 0.3 is 0 Å². The molecule has 0 bridgehead atoms. The fourth-order valence-corrected chi connectivity index (χ4v) is 3.68. The van der Waals surface area contributed by atoms with Crippen LogP contribution in [0.4, 0.5) is 17.1 Å². The van der Waals surface area contributed by atoms with Crippen LogP contribution in [0.5, 0.6) is 11.5 Å². The van der Waals surface area contributed by atoms with Crippen molar-refractivity contribution >= 4 is 28.6 Å². The van der Waals surface area contributed by atoms with Gasteiger partial charge in [-0.3, -0.25) is 9.59 Å². The number of aromatic hydroxyl groups is 2. The van der Waals surface area contributed by atoms with Gasteiger partial charge in [0.1, 0.15) is 17.2 Å². The Bertz CT molecular complexity index is 1200. The molecule has 0 heterocycles. The van der Waals surface area contributed by atoms with E-state index in [1.807, 2.05) is 0 Å². The van der Waals surface area contributed by atoms with Gasteiger partial charge in [0.25, 0.3) is 0 Å². The molecule has 5 N–H and O–H groups in total. The number of hydrogen-bond donors (Lipinski definition) is 5. The largest absolute Gasteiger partial charge is 0.628 e. The lowest BCUT2D eigenvalue weighted by Crippen LogP contribution is -2.96. The third kappa shape index (κ3) is 3.41. The smallest absolute Gasteiger partial charge is 0.202 e. The van der Waals surface area contributed by atoms with Gasteiger partial charge in [0.2, 0.25) is 11.6 Å². The number of quaternary nitrogens is 1. The van der Waals surface area contributed by atoms with Gasteiger partial charge in [-0.2, -0.15) is 0 Å². The van der Waals surface area contributed by atoms with E-state index in [-0.39, 0.29) is 23.4 Å². The number of rotatable bonds is 5. The maximum absolute atomic E-state index is 13.3. The number of phenolic OH excluding ortho intramolecular Hbond substituents is 2. The molecule has 158 valence electrons.